The van der Waals surface area contributed by atoms with Crippen molar-refractivity contribution in [3.8, 4) is 0 Å². The summed E-state index contributed by atoms with van der Waals surface area (Å²) in [6.07, 6.45) is 17.8. The topological polar surface area (TPSA) is 0 Å². The minimum atomic E-state index is -1.46. The molecule has 0 saturated carbocycles. The van der Waals surface area contributed by atoms with Gasteiger partial charge in [-0.1, -0.05) is 0 Å². The van der Waals surface area contributed by atoms with E-state index in [0.29, 0.717) is 0 Å². The first-order chi connectivity index (χ1) is 8.21. The monoisotopic (exact) mass is 548 g/mol. The second kappa shape index (κ2) is 8.38. The molecular weight excluding hydrogens is 516 g/mol. The van der Waals surface area contributed by atoms with Gasteiger partial charge < -0.3 is 2.85 Å². The van der Waals surface area contributed by atoms with E-state index in [1.807, 2.05) is 0 Å². The number of allylic oxidation sites excluding steroid dienone is 8. The molecule has 0 spiro atoms. The first kappa shape index (κ1) is 19.9. The average molecular weight is 544 g/mol. The van der Waals surface area contributed by atoms with Crippen LogP contribution < -0.4 is 0 Å². The molecule has 0 N–H and O–H groups in total. The fraction of sp³-hybridized carbons (Fsp3) is 0.500. The molecule has 0 aromatic rings. The molecule has 0 aromatic heterocycles. The molecule has 0 bridgehead atoms. The van der Waals surface area contributed by atoms with E-state index in [1.165, 1.54) is 8.81 Å². The molecule has 0 aliphatic heterocycles. The minimum absolute atomic E-state index is 0. The van der Waals surface area contributed by atoms with Gasteiger partial charge in [0.15, 0.2) is 0 Å². The number of hydrogen-bond acceptors (Lipinski definition) is 0. The fourth-order valence-electron chi connectivity index (χ4n) is 1.84. The Morgan fingerprint density at radius 1 is 0.789 bits per heavy atom. The summed E-state index contributed by atoms with van der Waals surface area (Å²) in [5.74, 6) is 14.4. The summed E-state index contributed by atoms with van der Waals surface area (Å²) in [4.78, 5) is 0. The Kier molecular flexibility index (Phi) is 8.78. The predicted octanol–water partition coefficient (Wildman–Crippen LogP) is 5.33. The van der Waals surface area contributed by atoms with Crippen LogP contribution in [0, 0.1) is 12.2 Å². The Hall–Kier alpha value is 0.916. The van der Waals surface area contributed by atoms with Crippen LogP contribution >= 0.6 is 0 Å². The van der Waals surface area contributed by atoms with Gasteiger partial charge in [-0.15, -0.1) is 0 Å². The molecule has 0 amide bonds. The Morgan fingerprint density at radius 3 is 1.21 bits per heavy atom. The molecule has 108 valence electrons. The summed E-state index contributed by atoms with van der Waals surface area (Å²) < 4.78 is 3.07. The quantitative estimate of drug-likeness (QED) is 0.326. The molecule has 0 nitrogen and oxygen atoms in total. The molecule has 0 aromatic carbocycles. The van der Waals surface area contributed by atoms with Crippen molar-refractivity contribution in [1.29, 1.82) is 0 Å². The van der Waals surface area contributed by atoms with Crippen molar-refractivity contribution >= 4 is 26.5 Å². The van der Waals surface area contributed by atoms with Crippen LogP contribution in [0.25, 0.3) is 0 Å². The van der Waals surface area contributed by atoms with E-state index < -0.39 is 26.5 Å². The summed E-state index contributed by atoms with van der Waals surface area (Å²) in [5, 5.41) is 0. The second-order valence-electron chi connectivity index (χ2n) is 6.89. The van der Waals surface area contributed by atoms with Crippen molar-refractivity contribution in [3.63, 3.8) is 0 Å². The van der Waals surface area contributed by atoms with Gasteiger partial charge >= 0.3 is 119 Å². The molecule has 3 heteroatoms. The maximum absolute atomic E-state index is 3.39. The van der Waals surface area contributed by atoms with Crippen molar-refractivity contribution < 1.29 is 28.7 Å². The van der Waals surface area contributed by atoms with E-state index in [-0.39, 0.29) is 28.7 Å². The van der Waals surface area contributed by atoms with E-state index in [2.05, 4.69) is 71.0 Å². The number of rotatable bonds is 2. The van der Waals surface area contributed by atoms with Crippen LogP contribution in [0.3, 0.4) is 0 Å². The molecular formula is C16H28Ge2Hf-4. The SMILES string of the molecule is [CH3][Ge]([CH3])([CH3])[C]1=[C-]CC=C1.[CH3][Ge]([CH3])([CH3])[C]1=[C-]CC=C1.[H-].[H-].[Hf]. The van der Waals surface area contributed by atoms with E-state index in [1.54, 1.807) is 0 Å². The van der Waals surface area contributed by atoms with Gasteiger partial charge in [0.05, 0.1) is 0 Å². The van der Waals surface area contributed by atoms with Crippen molar-refractivity contribution in [1.82, 2.24) is 0 Å². The molecule has 0 radical (unpaired) electrons. The maximum Gasteiger partial charge on any atom is 0 e. The smallest absolute Gasteiger partial charge is 0 e. The fourth-order valence-corrected chi connectivity index (χ4v) is 7.09. The molecule has 2 rings (SSSR count). The predicted molar refractivity (Wildman–Crippen MR) is 89.9 cm³/mol. The third-order valence-electron chi connectivity index (χ3n) is 3.01. The normalized spacial score (nSPS) is 17.4. The van der Waals surface area contributed by atoms with Crippen LogP contribution in [0.4, 0.5) is 0 Å². The second-order valence-corrected chi connectivity index (χ2v) is 28.0. The van der Waals surface area contributed by atoms with Crippen LogP contribution in [0.5, 0.6) is 0 Å². The third-order valence-corrected chi connectivity index (χ3v) is 11.2. The Balaban J connectivity index is -0.000000270. The van der Waals surface area contributed by atoms with E-state index >= 15 is 0 Å². The van der Waals surface area contributed by atoms with Gasteiger partial charge in [0, 0.05) is 25.8 Å². The first-order valence-corrected chi connectivity index (χ1v) is 21.5. The molecule has 0 heterocycles. The summed E-state index contributed by atoms with van der Waals surface area (Å²) in [6.45, 7) is 0. The average Bonchev–Trinajstić information content (AvgIpc) is 2.91. The zero-order valence-corrected chi connectivity index (χ0v) is 21.0. The summed E-state index contributed by atoms with van der Waals surface area (Å²) in [7, 11) is 0. The van der Waals surface area contributed by atoms with E-state index in [0.717, 1.165) is 12.8 Å². The van der Waals surface area contributed by atoms with Crippen LogP contribution in [-0.4, -0.2) is 26.5 Å². The van der Waals surface area contributed by atoms with Crippen LogP contribution in [0.1, 0.15) is 15.7 Å². The van der Waals surface area contributed by atoms with Gasteiger partial charge in [0.1, 0.15) is 0 Å². The summed E-state index contributed by atoms with van der Waals surface area (Å²) in [5.41, 5.74) is 0. The van der Waals surface area contributed by atoms with E-state index in [4.69, 9.17) is 0 Å². The van der Waals surface area contributed by atoms with Crippen LogP contribution in [0.2, 0.25) is 34.5 Å². The van der Waals surface area contributed by atoms with Gasteiger partial charge in [0.2, 0.25) is 0 Å². The zero-order chi connectivity index (χ0) is 13.8. The number of hydrogen-bond donors (Lipinski definition) is 0. The maximum atomic E-state index is 3.39. The van der Waals surface area contributed by atoms with Crippen LogP contribution in [-0.2, 0) is 25.8 Å². The van der Waals surface area contributed by atoms with Gasteiger partial charge in [-0.3, -0.25) is 0 Å². The van der Waals surface area contributed by atoms with Gasteiger partial charge in [-0.05, 0) is 0 Å². The third kappa shape index (κ3) is 7.47. The summed E-state index contributed by atoms with van der Waals surface area (Å²) in [6, 6.07) is 0. The molecule has 0 unspecified atom stereocenters. The Morgan fingerprint density at radius 2 is 1.11 bits per heavy atom. The molecule has 0 fully saturated rings. The summed E-state index contributed by atoms with van der Waals surface area (Å²) >= 11 is -2.92. The molecule has 2 aliphatic carbocycles. The van der Waals surface area contributed by atoms with Crippen molar-refractivity contribution in [2.75, 3.05) is 0 Å². The molecule has 0 saturated heterocycles. The van der Waals surface area contributed by atoms with Crippen molar-refractivity contribution in [3.05, 3.63) is 45.3 Å². The van der Waals surface area contributed by atoms with E-state index in [9.17, 15) is 0 Å². The zero-order valence-electron chi connectivity index (χ0n) is 15.2. The Bertz CT molecular complexity index is 371. The van der Waals surface area contributed by atoms with Gasteiger partial charge in [-0.25, -0.2) is 0 Å². The Labute approximate surface area is 147 Å². The minimum Gasteiger partial charge on any atom is -1.00 e. The molecule has 2 aliphatic rings. The van der Waals surface area contributed by atoms with Crippen molar-refractivity contribution in [2.24, 2.45) is 0 Å². The van der Waals surface area contributed by atoms with Crippen LogP contribution in [0.15, 0.2) is 33.1 Å². The largest absolute Gasteiger partial charge is 1.00 e. The standard InChI is InChI=1S/2C8H13Ge.Hf.2H/c2*1-9(2,3)8-6-4-5-7-8;;;/h2*4,6H,5H2,1-3H3;;;/q2*-1;;2*-1. The first-order valence-electron chi connectivity index (χ1n) is 6.77. The molecule has 0 atom stereocenters. The van der Waals surface area contributed by atoms with Gasteiger partial charge in [-0.2, -0.15) is 0 Å². The molecule has 19 heavy (non-hydrogen) atoms. The van der Waals surface area contributed by atoms with Gasteiger partial charge in [0.25, 0.3) is 0 Å². The van der Waals surface area contributed by atoms with Crippen molar-refractivity contribution in [2.45, 2.75) is 47.4 Å².